The molecule has 1 amide bonds. The van der Waals surface area contributed by atoms with E-state index >= 15 is 0 Å². The summed E-state index contributed by atoms with van der Waals surface area (Å²) in [5, 5.41) is 9.39. The lowest BCUT2D eigenvalue weighted by molar-refractivity contribution is -0.119. The molecule has 3 atom stereocenters. The predicted molar refractivity (Wildman–Crippen MR) is 98.3 cm³/mol. The fourth-order valence-corrected chi connectivity index (χ4v) is 5.38. The van der Waals surface area contributed by atoms with E-state index in [0.29, 0.717) is 12.5 Å². The van der Waals surface area contributed by atoms with Gasteiger partial charge in [-0.2, -0.15) is 0 Å². The molecule has 0 aromatic heterocycles. The largest absolute Gasteiger partial charge is 0.478 e. The summed E-state index contributed by atoms with van der Waals surface area (Å²) in [4.78, 5) is 26.1. The van der Waals surface area contributed by atoms with Gasteiger partial charge < -0.3 is 14.7 Å². The van der Waals surface area contributed by atoms with Crippen molar-refractivity contribution in [1.82, 2.24) is 0 Å². The molecule has 3 unspecified atom stereocenters. The smallest absolute Gasteiger partial charge is 0.335 e. The van der Waals surface area contributed by atoms with Crippen LogP contribution < -0.4 is 4.90 Å². The maximum absolute atomic E-state index is 12.7. The van der Waals surface area contributed by atoms with Gasteiger partial charge in [0.25, 0.3) is 0 Å². The zero-order valence-electron chi connectivity index (χ0n) is 15.3. The lowest BCUT2D eigenvalue weighted by Gasteiger charge is -2.51. The number of amides is 1. The fourth-order valence-electron chi connectivity index (χ4n) is 5.38. The molecule has 2 aliphatic heterocycles. The Bertz CT molecular complexity index is 710. The molecule has 2 heterocycles. The van der Waals surface area contributed by atoms with Gasteiger partial charge in [-0.1, -0.05) is 19.3 Å². The van der Waals surface area contributed by atoms with E-state index < -0.39 is 5.97 Å². The van der Waals surface area contributed by atoms with Gasteiger partial charge in [0.1, 0.15) is 0 Å². The second-order valence-corrected chi connectivity index (χ2v) is 7.95. The molecule has 2 fully saturated rings. The highest BCUT2D eigenvalue weighted by Crippen LogP contribution is 2.50. The van der Waals surface area contributed by atoms with E-state index in [0.717, 1.165) is 24.1 Å². The fraction of sp³-hybridized carbons (Fsp3) is 0.619. The van der Waals surface area contributed by atoms with Gasteiger partial charge in [-0.15, -0.1) is 0 Å². The molecule has 1 saturated heterocycles. The molecule has 4 rings (SSSR count). The number of fused-ring (bicyclic) bond motifs is 3. The van der Waals surface area contributed by atoms with Crippen LogP contribution >= 0.6 is 0 Å². The van der Waals surface area contributed by atoms with Crippen LogP contribution in [0.15, 0.2) is 18.2 Å². The van der Waals surface area contributed by atoms with Gasteiger partial charge in [-0.3, -0.25) is 4.79 Å². The van der Waals surface area contributed by atoms with Crippen molar-refractivity contribution in [2.24, 2.45) is 11.8 Å². The summed E-state index contributed by atoms with van der Waals surface area (Å²) in [7, 11) is 0. The second-order valence-electron chi connectivity index (χ2n) is 7.95. The van der Waals surface area contributed by atoms with E-state index in [9.17, 15) is 14.7 Å². The summed E-state index contributed by atoms with van der Waals surface area (Å²) in [6.07, 6.45) is 8.02. The van der Waals surface area contributed by atoms with Crippen molar-refractivity contribution in [1.29, 1.82) is 0 Å². The number of carboxylic acids is 1. The van der Waals surface area contributed by atoms with Gasteiger partial charge >= 0.3 is 5.97 Å². The van der Waals surface area contributed by atoms with E-state index in [-0.39, 0.29) is 29.5 Å². The highest BCUT2D eigenvalue weighted by Gasteiger charge is 2.47. The lowest BCUT2D eigenvalue weighted by atomic mass is 9.70. The number of carboxylic acid groups (broad SMARTS) is 1. The molecule has 26 heavy (non-hydrogen) atoms. The third-order valence-corrected chi connectivity index (χ3v) is 6.42. The third-order valence-electron chi connectivity index (χ3n) is 6.42. The highest BCUT2D eigenvalue weighted by molar-refractivity contribution is 5.95. The van der Waals surface area contributed by atoms with Crippen molar-refractivity contribution in [2.45, 2.75) is 64.0 Å². The summed E-state index contributed by atoms with van der Waals surface area (Å²) in [5.74, 6) is -0.126. The van der Waals surface area contributed by atoms with Crippen molar-refractivity contribution in [3.63, 3.8) is 0 Å². The molecular formula is C21H27NO4. The van der Waals surface area contributed by atoms with Gasteiger partial charge in [-0.05, 0) is 49.8 Å². The van der Waals surface area contributed by atoms with Gasteiger partial charge in [0.15, 0.2) is 0 Å². The molecule has 0 radical (unpaired) electrons. The topological polar surface area (TPSA) is 66.8 Å². The first-order chi connectivity index (χ1) is 12.6. The first-order valence-corrected chi connectivity index (χ1v) is 9.86. The van der Waals surface area contributed by atoms with Crippen LogP contribution in [-0.2, 0) is 9.53 Å². The van der Waals surface area contributed by atoms with Gasteiger partial charge in [0.05, 0.1) is 11.7 Å². The molecule has 1 N–H and O–H groups in total. The average molecular weight is 357 g/mol. The minimum atomic E-state index is -0.941. The van der Waals surface area contributed by atoms with Crippen LogP contribution in [0, 0.1) is 11.8 Å². The molecule has 1 aromatic rings. The standard InChI is InChI=1S/C21H27NO4/c1-13(23)22-18-10-9-15(21(24)25)12-17(18)20-16(8-5-11-26-20)19(22)14-6-3-2-4-7-14/h9-10,12,14,16,19-20H,2-8,11H2,1H3,(H,24,25). The maximum atomic E-state index is 12.7. The number of carbonyl (C=O) groups is 2. The Kier molecular flexibility index (Phi) is 4.74. The summed E-state index contributed by atoms with van der Waals surface area (Å²) in [6.45, 7) is 2.34. The highest BCUT2D eigenvalue weighted by atomic mass is 16.5. The zero-order valence-corrected chi connectivity index (χ0v) is 15.3. The minimum absolute atomic E-state index is 0.0499. The Hall–Kier alpha value is -1.88. The van der Waals surface area contributed by atoms with Gasteiger partial charge in [0.2, 0.25) is 5.91 Å². The summed E-state index contributed by atoms with van der Waals surface area (Å²) in [5.41, 5.74) is 1.98. The summed E-state index contributed by atoms with van der Waals surface area (Å²) >= 11 is 0. The zero-order chi connectivity index (χ0) is 18.3. The first kappa shape index (κ1) is 17.5. The van der Waals surface area contributed by atoms with Crippen LogP contribution in [0.25, 0.3) is 0 Å². The number of rotatable bonds is 2. The van der Waals surface area contributed by atoms with Crippen molar-refractivity contribution in [3.05, 3.63) is 29.3 Å². The van der Waals surface area contributed by atoms with Gasteiger partial charge in [-0.25, -0.2) is 4.79 Å². The van der Waals surface area contributed by atoms with Crippen LogP contribution in [0.3, 0.4) is 0 Å². The molecule has 0 spiro atoms. The van der Waals surface area contributed by atoms with E-state index in [4.69, 9.17) is 4.74 Å². The Labute approximate surface area is 154 Å². The molecule has 1 aliphatic carbocycles. The third kappa shape index (κ3) is 2.92. The normalized spacial score (nSPS) is 29.0. The molecule has 1 aromatic carbocycles. The minimum Gasteiger partial charge on any atom is -0.478 e. The second kappa shape index (κ2) is 7.03. The first-order valence-electron chi connectivity index (χ1n) is 9.86. The molecular weight excluding hydrogens is 330 g/mol. The predicted octanol–water partition coefficient (Wildman–Crippen LogP) is 4.17. The molecule has 5 heteroatoms. The number of hydrogen-bond acceptors (Lipinski definition) is 3. The van der Waals surface area contributed by atoms with Crippen LogP contribution in [0.5, 0.6) is 0 Å². The van der Waals surface area contributed by atoms with E-state index in [2.05, 4.69) is 0 Å². The maximum Gasteiger partial charge on any atom is 0.335 e. The van der Waals surface area contributed by atoms with Crippen LogP contribution in [0.4, 0.5) is 5.69 Å². The number of anilines is 1. The molecule has 5 nitrogen and oxygen atoms in total. The molecule has 1 saturated carbocycles. The number of ether oxygens (including phenoxy) is 1. The average Bonchev–Trinajstić information content (AvgIpc) is 2.66. The molecule has 3 aliphatic rings. The van der Waals surface area contributed by atoms with Crippen LogP contribution in [0.1, 0.15) is 73.9 Å². The van der Waals surface area contributed by atoms with E-state index in [1.165, 1.54) is 32.1 Å². The number of carbonyl (C=O) groups excluding carboxylic acids is 1. The van der Waals surface area contributed by atoms with Gasteiger partial charge in [0, 0.05) is 36.7 Å². The Balaban J connectivity index is 1.82. The van der Waals surface area contributed by atoms with Crippen molar-refractivity contribution < 1.29 is 19.4 Å². The molecule has 0 bridgehead atoms. The SMILES string of the molecule is CC(=O)N1c2ccc(C(=O)O)cc2C2OCCCC2C1C1CCCCC1. The van der Waals surface area contributed by atoms with Crippen LogP contribution in [-0.4, -0.2) is 29.6 Å². The monoisotopic (exact) mass is 357 g/mol. The quantitative estimate of drug-likeness (QED) is 0.863. The summed E-state index contributed by atoms with van der Waals surface area (Å²) < 4.78 is 6.16. The number of nitrogens with zero attached hydrogens (tertiary/aromatic N) is 1. The number of aromatic carboxylic acids is 1. The van der Waals surface area contributed by atoms with Crippen molar-refractivity contribution in [2.75, 3.05) is 11.5 Å². The summed E-state index contributed by atoms with van der Waals surface area (Å²) in [6, 6.07) is 5.30. The van der Waals surface area contributed by atoms with E-state index in [1.54, 1.807) is 19.1 Å². The Morgan fingerprint density at radius 2 is 1.88 bits per heavy atom. The van der Waals surface area contributed by atoms with Crippen molar-refractivity contribution >= 4 is 17.6 Å². The number of hydrogen-bond donors (Lipinski definition) is 1. The lowest BCUT2D eigenvalue weighted by Crippen LogP contribution is -2.54. The Morgan fingerprint density at radius 1 is 1.12 bits per heavy atom. The molecule has 140 valence electrons. The number of benzene rings is 1. The van der Waals surface area contributed by atoms with E-state index in [1.807, 2.05) is 11.0 Å². The Morgan fingerprint density at radius 3 is 2.58 bits per heavy atom. The van der Waals surface area contributed by atoms with Crippen molar-refractivity contribution in [3.8, 4) is 0 Å². The van der Waals surface area contributed by atoms with Crippen LogP contribution in [0.2, 0.25) is 0 Å².